The lowest BCUT2D eigenvalue weighted by molar-refractivity contribution is -0.0437. The Kier molecular flexibility index (Phi) is 5.60. The summed E-state index contributed by atoms with van der Waals surface area (Å²) in [5.41, 5.74) is 0.562. The Morgan fingerprint density at radius 1 is 0.900 bits per heavy atom. The van der Waals surface area contributed by atoms with Gasteiger partial charge in [0, 0.05) is 30.4 Å². The van der Waals surface area contributed by atoms with Crippen LogP contribution in [0.5, 0.6) is 0 Å². The molecule has 3 saturated carbocycles. The van der Waals surface area contributed by atoms with E-state index in [9.17, 15) is 19.5 Å². The molecule has 8 rings (SSSR count). The van der Waals surface area contributed by atoms with Gasteiger partial charge in [0.2, 0.25) is 0 Å². The molecule has 0 radical (unpaired) electrons. The number of aromatic carboxylic acids is 1. The van der Waals surface area contributed by atoms with E-state index in [-0.39, 0.29) is 28.4 Å². The topological polar surface area (TPSA) is 108 Å². The molecule has 0 spiro atoms. The van der Waals surface area contributed by atoms with Gasteiger partial charge in [-0.3, -0.25) is 14.5 Å². The Bertz CT molecular complexity index is 1610. The number of carboxylic acids is 1. The van der Waals surface area contributed by atoms with E-state index in [1.165, 1.54) is 57.4 Å². The zero-order chi connectivity index (χ0) is 27.1. The van der Waals surface area contributed by atoms with Gasteiger partial charge in [0.25, 0.3) is 11.1 Å². The third-order valence-electron chi connectivity index (χ3n) is 11.2. The fourth-order valence-corrected chi connectivity index (χ4v) is 9.70. The maximum absolute atomic E-state index is 14.2. The number of nitrogens with zero attached hydrogens (tertiary/aromatic N) is 3. The van der Waals surface area contributed by atoms with E-state index in [1.807, 2.05) is 28.8 Å². The molecule has 8 nitrogen and oxygen atoms in total. The van der Waals surface area contributed by atoms with E-state index in [0.29, 0.717) is 23.6 Å². The van der Waals surface area contributed by atoms with Crippen molar-refractivity contribution in [2.24, 2.45) is 23.7 Å². The van der Waals surface area contributed by atoms with Crippen molar-refractivity contribution in [1.82, 2.24) is 19.4 Å². The highest BCUT2D eigenvalue weighted by Crippen LogP contribution is 2.59. The van der Waals surface area contributed by atoms with Crippen molar-refractivity contribution in [2.45, 2.75) is 88.4 Å². The van der Waals surface area contributed by atoms with E-state index in [4.69, 9.17) is 0 Å². The van der Waals surface area contributed by atoms with Crippen LogP contribution in [-0.2, 0) is 0 Å². The molecular weight excluding hydrogens is 504 g/mol. The van der Waals surface area contributed by atoms with E-state index in [1.54, 1.807) is 0 Å². The summed E-state index contributed by atoms with van der Waals surface area (Å²) >= 11 is 0. The van der Waals surface area contributed by atoms with Gasteiger partial charge in [-0.25, -0.2) is 9.78 Å². The minimum atomic E-state index is -1.16. The number of aromatic nitrogens is 3. The van der Waals surface area contributed by atoms with Gasteiger partial charge in [-0.1, -0.05) is 18.6 Å². The lowest BCUT2D eigenvalue weighted by Gasteiger charge is -2.54. The highest BCUT2D eigenvalue weighted by Gasteiger charge is 2.53. The van der Waals surface area contributed by atoms with E-state index in [2.05, 4.69) is 14.9 Å². The number of benzene rings is 1. The fraction of sp³-hybridized carbons (Fsp3) is 0.562. The number of hydrogen-bond donors (Lipinski definition) is 2. The normalized spacial score (nSPS) is 34.8. The van der Waals surface area contributed by atoms with Crippen LogP contribution in [0.2, 0.25) is 0 Å². The minimum Gasteiger partial charge on any atom is -0.478 e. The van der Waals surface area contributed by atoms with Crippen LogP contribution in [0.3, 0.4) is 0 Å². The van der Waals surface area contributed by atoms with Gasteiger partial charge < -0.3 is 14.7 Å². The molecule has 4 bridgehead atoms. The molecular formula is C32H36N4O4. The van der Waals surface area contributed by atoms with Gasteiger partial charge in [-0.2, -0.15) is 0 Å². The van der Waals surface area contributed by atoms with Crippen molar-refractivity contribution in [3.8, 4) is 11.3 Å². The number of H-pyrrole nitrogens is 1. The Morgan fingerprint density at radius 2 is 1.68 bits per heavy atom. The molecule has 1 aromatic carbocycles. The predicted octanol–water partition coefficient (Wildman–Crippen LogP) is 4.83. The van der Waals surface area contributed by atoms with Crippen molar-refractivity contribution in [1.29, 1.82) is 0 Å². The van der Waals surface area contributed by atoms with Crippen LogP contribution in [-0.4, -0.2) is 48.6 Å². The fourth-order valence-electron chi connectivity index (χ4n) is 9.70. The predicted molar refractivity (Wildman–Crippen MR) is 151 cm³/mol. The summed E-state index contributed by atoms with van der Waals surface area (Å²) in [5.74, 6) is 2.68. The standard InChI is InChI=1S/C32H36N4O4/c37-30-26(13-20(16-33-30)32(39)40)29-31(38)36(28-7-2-1-6-27(28)34-29)24-14-21-4-3-5-22(15-24)35(21)23-9-17-8-18-11-19(12-23)25(18)10-17/h1-2,6-7,13,16-19,21-25H,3-5,8-12,14-15H2,(H,33,37)(H,39,40)/t17-,18+,19+,21-,22+,23-,24+,25-/m1/s1. The van der Waals surface area contributed by atoms with Gasteiger partial charge in [-0.15, -0.1) is 0 Å². The Balaban J connectivity index is 1.18. The zero-order valence-electron chi connectivity index (χ0n) is 22.7. The summed E-state index contributed by atoms with van der Waals surface area (Å²) in [6.07, 6.45) is 13.7. The second-order valence-electron chi connectivity index (χ2n) is 13.3. The molecule has 2 aliphatic heterocycles. The summed E-state index contributed by atoms with van der Waals surface area (Å²) in [7, 11) is 0. The minimum absolute atomic E-state index is 0.00865. The van der Waals surface area contributed by atoms with Crippen LogP contribution in [0.15, 0.2) is 46.1 Å². The summed E-state index contributed by atoms with van der Waals surface area (Å²) in [4.78, 5) is 48.6. The monoisotopic (exact) mass is 540 g/mol. The molecule has 0 unspecified atom stereocenters. The lowest BCUT2D eigenvalue weighted by Crippen LogP contribution is -2.58. The number of hydrogen-bond acceptors (Lipinski definition) is 5. The Labute approximate surface area is 232 Å². The van der Waals surface area contributed by atoms with E-state index >= 15 is 0 Å². The molecule has 2 N–H and O–H groups in total. The summed E-state index contributed by atoms with van der Waals surface area (Å²) in [6.45, 7) is 0. The molecule has 3 aliphatic carbocycles. The third-order valence-corrected chi connectivity index (χ3v) is 11.2. The quantitative estimate of drug-likeness (QED) is 0.491. The van der Waals surface area contributed by atoms with E-state index < -0.39 is 11.5 Å². The first-order chi connectivity index (χ1) is 19.4. The molecule has 40 heavy (non-hydrogen) atoms. The van der Waals surface area contributed by atoms with Crippen LogP contribution in [0.1, 0.15) is 80.6 Å². The number of carboxylic acid groups (broad SMARTS) is 1. The maximum atomic E-state index is 14.2. The van der Waals surface area contributed by atoms with Crippen LogP contribution in [0, 0.1) is 23.7 Å². The molecule has 8 heteroatoms. The molecule has 0 amide bonds. The van der Waals surface area contributed by atoms with Gasteiger partial charge in [0.15, 0.2) is 0 Å². The molecule has 2 saturated heterocycles. The number of rotatable bonds is 4. The van der Waals surface area contributed by atoms with Gasteiger partial charge >= 0.3 is 5.97 Å². The number of pyridine rings is 1. The molecule has 2 aromatic heterocycles. The second-order valence-corrected chi connectivity index (χ2v) is 13.3. The first-order valence-electron chi connectivity index (χ1n) is 15.2. The molecule has 5 aliphatic rings. The summed E-state index contributed by atoms with van der Waals surface area (Å²) in [5, 5.41) is 9.51. The molecule has 8 atom stereocenters. The largest absolute Gasteiger partial charge is 0.478 e. The van der Waals surface area contributed by atoms with Gasteiger partial charge in [0.05, 0.1) is 22.2 Å². The molecule has 5 fully saturated rings. The number of aromatic amines is 1. The SMILES string of the molecule is O=C(O)c1c[nH]c(=O)c(-c2nc3ccccc3n([C@H]3C[C@H]4CCC[C@@H](C3)N4[C@@H]3C[C@H]4C[C@H]5C[C@@H](C3)[C@@H]5C4)c2=O)c1. The number of piperidine rings is 2. The average Bonchev–Trinajstić information content (AvgIpc) is 3.16. The average molecular weight is 541 g/mol. The van der Waals surface area contributed by atoms with Gasteiger partial charge in [-0.05, 0) is 99.7 Å². The van der Waals surface area contributed by atoms with Crippen molar-refractivity contribution in [3.63, 3.8) is 0 Å². The van der Waals surface area contributed by atoms with Gasteiger partial charge in [0.1, 0.15) is 5.69 Å². The Morgan fingerprint density at radius 3 is 2.48 bits per heavy atom. The van der Waals surface area contributed by atoms with Crippen molar-refractivity contribution >= 4 is 17.0 Å². The first-order valence-corrected chi connectivity index (χ1v) is 15.2. The summed E-state index contributed by atoms with van der Waals surface area (Å²) < 4.78 is 1.89. The zero-order valence-corrected chi connectivity index (χ0v) is 22.7. The van der Waals surface area contributed by atoms with Crippen LogP contribution < -0.4 is 11.1 Å². The third kappa shape index (κ3) is 3.75. The van der Waals surface area contributed by atoms with Crippen LogP contribution >= 0.6 is 0 Å². The Hall–Kier alpha value is -3.26. The summed E-state index contributed by atoms with van der Waals surface area (Å²) in [6, 6.07) is 10.5. The first kappa shape index (κ1) is 24.5. The highest BCUT2D eigenvalue weighted by molar-refractivity contribution is 5.89. The second kappa shape index (κ2) is 9.13. The highest BCUT2D eigenvalue weighted by atomic mass is 16.4. The van der Waals surface area contributed by atoms with E-state index in [0.717, 1.165) is 48.2 Å². The molecule has 3 aromatic rings. The van der Waals surface area contributed by atoms with Crippen molar-refractivity contribution in [2.75, 3.05) is 0 Å². The van der Waals surface area contributed by atoms with Crippen molar-refractivity contribution < 1.29 is 9.90 Å². The number of para-hydroxylation sites is 2. The van der Waals surface area contributed by atoms with Crippen molar-refractivity contribution in [3.05, 3.63) is 62.8 Å². The lowest BCUT2D eigenvalue weighted by atomic mass is 9.64. The van der Waals surface area contributed by atoms with Crippen LogP contribution in [0.25, 0.3) is 22.3 Å². The number of fused-ring (bicyclic) bond motifs is 4. The number of nitrogens with one attached hydrogen (secondary N) is 1. The van der Waals surface area contributed by atoms with Crippen LogP contribution in [0.4, 0.5) is 0 Å². The smallest absolute Gasteiger partial charge is 0.337 e. The molecule has 4 heterocycles. The maximum Gasteiger partial charge on any atom is 0.337 e. The molecule has 208 valence electrons. The number of carbonyl (C=O) groups is 1.